The number of aromatic amines is 1. The largest absolute Gasteiger partial charge is 0.392 e. The minimum atomic E-state index is -0.468. The maximum Gasteiger partial charge on any atom is 0.345 e. The van der Waals surface area contributed by atoms with Crippen molar-refractivity contribution >= 4 is 5.91 Å². The van der Waals surface area contributed by atoms with Crippen LogP contribution in [0.3, 0.4) is 0 Å². The summed E-state index contributed by atoms with van der Waals surface area (Å²) in [6.45, 7) is 5.37. The highest BCUT2D eigenvalue weighted by atomic mass is 16.3. The van der Waals surface area contributed by atoms with E-state index < -0.39 is 5.69 Å². The summed E-state index contributed by atoms with van der Waals surface area (Å²) in [5, 5.41) is 10.4. The fourth-order valence-corrected chi connectivity index (χ4v) is 4.26. The Morgan fingerprint density at radius 2 is 2.21 bits per heavy atom. The first-order valence-electron chi connectivity index (χ1n) is 8.97. The van der Waals surface area contributed by atoms with Crippen molar-refractivity contribution in [1.29, 1.82) is 0 Å². The van der Waals surface area contributed by atoms with Gasteiger partial charge in [-0.25, -0.2) is 4.79 Å². The summed E-state index contributed by atoms with van der Waals surface area (Å²) in [4.78, 5) is 33.0. The zero-order valence-corrected chi connectivity index (χ0v) is 14.5. The molecule has 2 atom stereocenters. The molecule has 1 saturated heterocycles. The van der Waals surface area contributed by atoms with E-state index in [-0.39, 0.29) is 23.1 Å². The minimum Gasteiger partial charge on any atom is -0.392 e. The van der Waals surface area contributed by atoms with Gasteiger partial charge in [0.2, 0.25) is 0 Å². The van der Waals surface area contributed by atoms with Crippen LogP contribution in [0.5, 0.6) is 0 Å². The van der Waals surface area contributed by atoms with Crippen LogP contribution in [0, 0.1) is 11.3 Å². The van der Waals surface area contributed by atoms with Gasteiger partial charge in [-0.05, 0) is 44.1 Å². The van der Waals surface area contributed by atoms with Crippen LogP contribution in [-0.2, 0) is 6.42 Å². The topological polar surface area (TPSA) is 86.3 Å². The monoisotopic (exact) mass is 333 g/mol. The predicted octanol–water partition coefficient (Wildman–Crippen LogP) is 1.74. The minimum absolute atomic E-state index is 0.157. The van der Waals surface area contributed by atoms with Gasteiger partial charge in [-0.1, -0.05) is 20.3 Å². The lowest BCUT2D eigenvalue weighted by molar-refractivity contribution is -0.00557. The molecule has 1 saturated carbocycles. The number of aromatic nitrogens is 2. The molecule has 6 nitrogen and oxygen atoms in total. The van der Waals surface area contributed by atoms with Crippen LogP contribution in [0.1, 0.15) is 62.1 Å². The van der Waals surface area contributed by atoms with Crippen molar-refractivity contribution in [3.63, 3.8) is 0 Å². The van der Waals surface area contributed by atoms with Gasteiger partial charge in [0.05, 0.1) is 6.10 Å². The first-order chi connectivity index (χ1) is 11.4. The van der Waals surface area contributed by atoms with Crippen molar-refractivity contribution in [1.82, 2.24) is 14.9 Å². The van der Waals surface area contributed by atoms with E-state index >= 15 is 0 Å². The molecule has 2 aliphatic rings. The van der Waals surface area contributed by atoms with Crippen molar-refractivity contribution in [2.75, 3.05) is 13.1 Å². The molecule has 1 aliphatic heterocycles. The number of carbonyl (C=O) groups is 1. The van der Waals surface area contributed by atoms with Crippen molar-refractivity contribution in [3.05, 3.63) is 27.9 Å². The van der Waals surface area contributed by atoms with Gasteiger partial charge in [0.15, 0.2) is 0 Å². The Labute approximate surface area is 142 Å². The molecule has 1 spiro atoms. The molecular formula is C18H27N3O3. The molecule has 0 unspecified atom stereocenters. The molecular weight excluding hydrogens is 306 g/mol. The fourth-order valence-electron chi connectivity index (χ4n) is 4.26. The third kappa shape index (κ3) is 3.38. The van der Waals surface area contributed by atoms with E-state index in [1.54, 1.807) is 11.0 Å². The van der Waals surface area contributed by atoms with Crippen LogP contribution >= 0.6 is 0 Å². The van der Waals surface area contributed by atoms with Crippen LogP contribution in [0.4, 0.5) is 0 Å². The molecule has 0 radical (unpaired) electrons. The number of nitrogens with zero attached hydrogens (tertiary/aromatic N) is 2. The summed E-state index contributed by atoms with van der Waals surface area (Å²) in [7, 11) is 0. The molecule has 1 aliphatic carbocycles. The smallest absolute Gasteiger partial charge is 0.345 e. The second kappa shape index (κ2) is 6.67. The normalized spacial score (nSPS) is 27.2. The first-order valence-corrected chi connectivity index (χ1v) is 8.97. The molecule has 2 fully saturated rings. The summed E-state index contributed by atoms with van der Waals surface area (Å²) in [5.74, 6) is 0.196. The number of amides is 1. The van der Waals surface area contributed by atoms with Gasteiger partial charge < -0.3 is 15.0 Å². The summed E-state index contributed by atoms with van der Waals surface area (Å²) in [5.41, 5.74) is 0.347. The summed E-state index contributed by atoms with van der Waals surface area (Å²) < 4.78 is 0. The van der Waals surface area contributed by atoms with Gasteiger partial charge >= 0.3 is 5.69 Å². The highest BCUT2D eigenvalue weighted by molar-refractivity contribution is 5.92. The first kappa shape index (κ1) is 17.1. The van der Waals surface area contributed by atoms with Gasteiger partial charge in [0.1, 0.15) is 5.69 Å². The van der Waals surface area contributed by atoms with Crippen molar-refractivity contribution in [2.24, 2.45) is 11.3 Å². The quantitative estimate of drug-likeness (QED) is 0.882. The number of hydrogen-bond acceptors (Lipinski definition) is 4. The van der Waals surface area contributed by atoms with Crippen LogP contribution in [-0.4, -0.2) is 45.1 Å². The Kier molecular flexibility index (Phi) is 4.76. The number of rotatable bonds is 3. The Morgan fingerprint density at radius 1 is 1.46 bits per heavy atom. The number of hydrogen-bond donors (Lipinski definition) is 2. The van der Waals surface area contributed by atoms with Gasteiger partial charge in [0, 0.05) is 24.2 Å². The lowest BCUT2D eigenvalue weighted by Crippen LogP contribution is -2.49. The molecule has 6 heteroatoms. The number of nitrogens with one attached hydrogen (secondary N) is 1. The second-order valence-corrected chi connectivity index (χ2v) is 7.80. The number of piperidine rings is 1. The summed E-state index contributed by atoms with van der Waals surface area (Å²) >= 11 is 0. The van der Waals surface area contributed by atoms with Gasteiger partial charge in [-0.2, -0.15) is 4.98 Å². The second-order valence-electron chi connectivity index (χ2n) is 7.80. The maximum atomic E-state index is 12.9. The van der Waals surface area contributed by atoms with Gasteiger partial charge in [0.25, 0.3) is 5.91 Å². The Bertz CT molecular complexity index is 670. The van der Waals surface area contributed by atoms with E-state index in [1.807, 2.05) is 0 Å². The molecule has 24 heavy (non-hydrogen) atoms. The van der Waals surface area contributed by atoms with Gasteiger partial charge in [-0.3, -0.25) is 4.79 Å². The standard InChI is InChI=1S/C18H27N3O3/c1-12(2)9-13-10-14(20-17(24)19-13)16(23)21-8-4-7-18(11-21)6-3-5-15(18)22/h10,12,15,22H,3-9,11H2,1-2H3,(H,19,20,24)/t15-,18+/m1/s1. The fraction of sp³-hybridized carbons (Fsp3) is 0.722. The van der Waals surface area contributed by atoms with E-state index in [1.165, 1.54) is 0 Å². The van der Waals surface area contributed by atoms with E-state index in [9.17, 15) is 14.7 Å². The molecule has 1 aromatic heterocycles. The molecule has 1 amide bonds. The molecule has 0 bridgehead atoms. The van der Waals surface area contributed by atoms with Crippen LogP contribution in [0.15, 0.2) is 10.9 Å². The van der Waals surface area contributed by atoms with Crippen molar-refractivity contribution < 1.29 is 9.90 Å². The van der Waals surface area contributed by atoms with E-state index in [0.29, 0.717) is 25.4 Å². The number of likely N-dealkylation sites (tertiary alicyclic amines) is 1. The Hall–Kier alpha value is -1.69. The van der Waals surface area contributed by atoms with E-state index in [4.69, 9.17) is 0 Å². The van der Waals surface area contributed by atoms with Crippen LogP contribution < -0.4 is 5.69 Å². The lowest BCUT2D eigenvalue weighted by Gasteiger charge is -2.42. The molecule has 1 aromatic rings. The Morgan fingerprint density at radius 3 is 2.88 bits per heavy atom. The average molecular weight is 333 g/mol. The van der Waals surface area contributed by atoms with Gasteiger partial charge in [-0.15, -0.1) is 0 Å². The number of aliphatic hydroxyl groups is 1. The molecule has 3 rings (SSSR count). The lowest BCUT2D eigenvalue weighted by atomic mass is 9.76. The average Bonchev–Trinajstić information content (AvgIpc) is 2.85. The highest BCUT2D eigenvalue weighted by Gasteiger charge is 2.45. The number of aliphatic hydroxyl groups excluding tert-OH is 1. The molecule has 2 heterocycles. The van der Waals surface area contributed by atoms with Crippen LogP contribution in [0.25, 0.3) is 0 Å². The molecule has 2 N–H and O–H groups in total. The third-order valence-electron chi connectivity index (χ3n) is 5.40. The summed E-state index contributed by atoms with van der Waals surface area (Å²) in [6, 6.07) is 1.70. The third-order valence-corrected chi connectivity index (χ3v) is 5.40. The van der Waals surface area contributed by atoms with E-state index in [2.05, 4.69) is 23.8 Å². The van der Waals surface area contributed by atoms with Crippen LogP contribution in [0.2, 0.25) is 0 Å². The maximum absolute atomic E-state index is 12.9. The Balaban J connectivity index is 1.81. The van der Waals surface area contributed by atoms with Crippen molar-refractivity contribution in [3.8, 4) is 0 Å². The SMILES string of the molecule is CC(C)Cc1cc(C(=O)N2CCC[C@@]3(CCC[C@H]3O)C2)nc(=O)[nH]1. The number of H-pyrrole nitrogens is 1. The zero-order chi connectivity index (χ0) is 17.3. The molecule has 132 valence electrons. The molecule has 0 aromatic carbocycles. The highest BCUT2D eigenvalue weighted by Crippen LogP contribution is 2.45. The summed E-state index contributed by atoms with van der Waals surface area (Å²) in [6.07, 6.45) is 5.07. The number of carbonyl (C=O) groups excluding carboxylic acids is 1. The van der Waals surface area contributed by atoms with E-state index in [0.717, 1.165) is 37.8 Å². The predicted molar refractivity (Wildman–Crippen MR) is 90.8 cm³/mol. The van der Waals surface area contributed by atoms with Crippen molar-refractivity contribution in [2.45, 2.75) is 58.5 Å². The zero-order valence-electron chi connectivity index (χ0n) is 14.5.